The van der Waals surface area contributed by atoms with Crippen molar-refractivity contribution in [3.8, 4) is 0 Å². The minimum Gasteiger partial charge on any atom is -0.369 e. The highest BCUT2D eigenvalue weighted by atomic mass is 32.2. The number of carbonyl (C=O) groups is 1. The smallest absolute Gasteiger partial charge is 0.263 e. The Balaban J connectivity index is 2.35. The van der Waals surface area contributed by atoms with Gasteiger partial charge < -0.3 is 10.7 Å². The molecule has 110 valence electrons. The lowest BCUT2D eigenvalue weighted by atomic mass is 10.1. The van der Waals surface area contributed by atoms with E-state index in [1.807, 2.05) is 0 Å². The van der Waals surface area contributed by atoms with Crippen LogP contribution in [0.1, 0.15) is 5.56 Å². The van der Waals surface area contributed by atoms with E-state index in [1.54, 1.807) is 18.2 Å². The van der Waals surface area contributed by atoms with Crippen LogP contribution < -0.4 is 16.0 Å². The molecule has 21 heavy (non-hydrogen) atoms. The van der Waals surface area contributed by atoms with E-state index in [4.69, 9.17) is 5.73 Å². The SMILES string of the molecule is NC(=O)Cc1ccccc1NS(=O)(=O)c1ccc(=O)[nH]c1. The highest BCUT2D eigenvalue weighted by Gasteiger charge is 2.16. The van der Waals surface area contributed by atoms with Gasteiger partial charge in [0.2, 0.25) is 11.5 Å². The molecule has 7 nitrogen and oxygen atoms in total. The van der Waals surface area contributed by atoms with Crippen LogP contribution in [-0.2, 0) is 21.2 Å². The maximum absolute atomic E-state index is 12.2. The fourth-order valence-electron chi connectivity index (χ4n) is 1.73. The zero-order valence-electron chi connectivity index (χ0n) is 10.9. The second kappa shape index (κ2) is 5.80. The van der Waals surface area contributed by atoms with Crippen molar-refractivity contribution in [2.45, 2.75) is 11.3 Å². The summed E-state index contributed by atoms with van der Waals surface area (Å²) in [5.41, 5.74) is 5.47. The van der Waals surface area contributed by atoms with Crippen molar-refractivity contribution < 1.29 is 13.2 Å². The molecule has 0 spiro atoms. The highest BCUT2D eigenvalue weighted by Crippen LogP contribution is 2.19. The average Bonchev–Trinajstić information content (AvgIpc) is 2.40. The number of benzene rings is 1. The Labute approximate surface area is 120 Å². The number of rotatable bonds is 5. The first-order valence-corrected chi connectivity index (χ1v) is 7.44. The van der Waals surface area contributed by atoms with Crippen LogP contribution in [0.5, 0.6) is 0 Å². The number of para-hydroxylation sites is 1. The van der Waals surface area contributed by atoms with Crippen molar-refractivity contribution in [1.82, 2.24) is 4.98 Å². The molecular weight excluding hydrogens is 294 g/mol. The van der Waals surface area contributed by atoms with Crippen LogP contribution in [-0.4, -0.2) is 19.3 Å². The molecule has 1 aromatic heterocycles. The first-order chi connectivity index (χ1) is 9.88. The molecule has 0 aliphatic rings. The number of aromatic nitrogens is 1. The number of H-pyrrole nitrogens is 1. The maximum atomic E-state index is 12.2. The lowest BCUT2D eigenvalue weighted by molar-refractivity contribution is -0.117. The molecule has 0 saturated heterocycles. The molecule has 0 atom stereocenters. The van der Waals surface area contributed by atoms with E-state index in [1.165, 1.54) is 12.1 Å². The number of aromatic amines is 1. The fourth-order valence-corrected chi connectivity index (χ4v) is 2.80. The van der Waals surface area contributed by atoms with E-state index < -0.39 is 21.5 Å². The highest BCUT2D eigenvalue weighted by molar-refractivity contribution is 7.92. The summed E-state index contributed by atoms with van der Waals surface area (Å²) in [5, 5.41) is 0. The Morgan fingerprint density at radius 3 is 2.52 bits per heavy atom. The van der Waals surface area contributed by atoms with Gasteiger partial charge in [-0.3, -0.25) is 14.3 Å². The largest absolute Gasteiger partial charge is 0.369 e. The van der Waals surface area contributed by atoms with Crippen molar-refractivity contribution in [3.05, 3.63) is 58.5 Å². The topological polar surface area (TPSA) is 122 Å². The quantitative estimate of drug-likeness (QED) is 0.730. The molecule has 0 fully saturated rings. The fraction of sp³-hybridized carbons (Fsp3) is 0.0769. The Hall–Kier alpha value is -2.61. The average molecular weight is 307 g/mol. The minimum absolute atomic E-state index is 0.0791. The predicted octanol–water partition coefficient (Wildman–Crippen LogP) is 0.203. The maximum Gasteiger partial charge on any atom is 0.263 e. The molecule has 4 N–H and O–H groups in total. The molecular formula is C13H13N3O4S. The van der Waals surface area contributed by atoms with Gasteiger partial charge in [-0.15, -0.1) is 0 Å². The normalized spacial score (nSPS) is 11.0. The summed E-state index contributed by atoms with van der Waals surface area (Å²) < 4.78 is 26.8. The number of sulfonamides is 1. The van der Waals surface area contributed by atoms with Gasteiger partial charge in [0.1, 0.15) is 4.90 Å². The number of primary amides is 1. The summed E-state index contributed by atoms with van der Waals surface area (Å²) in [7, 11) is -3.86. The van der Waals surface area contributed by atoms with Gasteiger partial charge in [-0.1, -0.05) is 18.2 Å². The molecule has 1 aromatic carbocycles. The molecule has 1 amide bonds. The zero-order chi connectivity index (χ0) is 15.5. The number of nitrogens with one attached hydrogen (secondary N) is 2. The first-order valence-electron chi connectivity index (χ1n) is 5.96. The van der Waals surface area contributed by atoms with E-state index >= 15 is 0 Å². The second-order valence-corrected chi connectivity index (χ2v) is 5.98. The lowest BCUT2D eigenvalue weighted by Crippen LogP contribution is -2.18. The van der Waals surface area contributed by atoms with Crippen molar-refractivity contribution in [2.24, 2.45) is 5.73 Å². The summed E-state index contributed by atoms with van der Waals surface area (Å²) >= 11 is 0. The summed E-state index contributed by atoms with van der Waals surface area (Å²) in [6.07, 6.45) is 1.02. The zero-order valence-corrected chi connectivity index (χ0v) is 11.7. The van der Waals surface area contributed by atoms with E-state index in [9.17, 15) is 18.0 Å². The molecule has 2 aromatic rings. The first kappa shape index (κ1) is 14.8. The van der Waals surface area contributed by atoms with Crippen LogP contribution in [0.4, 0.5) is 5.69 Å². The predicted molar refractivity (Wildman–Crippen MR) is 77.2 cm³/mol. The van der Waals surface area contributed by atoms with Crippen LogP contribution in [0.3, 0.4) is 0 Å². The van der Waals surface area contributed by atoms with E-state index in [2.05, 4.69) is 9.71 Å². The number of anilines is 1. The summed E-state index contributed by atoms with van der Waals surface area (Å²) in [6.45, 7) is 0. The molecule has 8 heteroatoms. The van der Waals surface area contributed by atoms with Gasteiger partial charge >= 0.3 is 0 Å². The van der Waals surface area contributed by atoms with E-state index in [-0.39, 0.29) is 17.0 Å². The van der Waals surface area contributed by atoms with Crippen LogP contribution in [0.15, 0.2) is 52.3 Å². The monoisotopic (exact) mass is 307 g/mol. The number of hydrogen-bond donors (Lipinski definition) is 3. The number of amides is 1. The molecule has 0 aliphatic heterocycles. The van der Waals surface area contributed by atoms with Crippen LogP contribution in [0.2, 0.25) is 0 Å². The number of carbonyl (C=O) groups excluding carboxylic acids is 1. The lowest BCUT2D eigenvalue weighted by Gasteiger charge is -2.11. The molecule has 0 unspecified atom stereocenters. The third-order valence-corrected chi connectivity index (χ3v) is 4.06. The van der Waals surface area contributed by atoms with Crippen molar-refractivity contribution in [2.75, 3.05) is 4.72 Å². The summed E-state index contributed by atoms with van der Waals surface area (Å²) in [5.74, 6) is -0.564. The third kappa shape index (κ3) is 3.69. The molecule has 2 rings (SSSR count). The van der Waals surface area contributed by atoms with E-state index in [0.717, 1.165) is 12.3 Å². The molecule has 0 saturated carbocycles. The Morgan fingerprint density at radius 2 is 1.90 bits per heavy atom. The van der Waals surface area contributed by atoms with E-state index in [0.29, 0.717) is 5.56 Å². The number of hydrogen-bond acceptors (Lipinski definition) is 4. The Bertz CT molecular complexity index is 807. The van der Waals surface area contributed by atoms with Gasteiger partial charge in [0.25, 0.3) is 10.0 Å². The number of pyridine rings is 1. The van der Waals surface area contributed by atoms with Crippen LogP contribution >= 0.6 is 0 Å². The van der Waals surface area contributed by atoms with Crippen molar-refractivity contribution >= 4 is 21.6 Å². The van der Waals surface area contributed by atoms with Crippen molar-refractivity contribution in [1.29, 1.82) is 0 Å². The second-order valence-electron chi connectivity index (χ2n) is 4.29. The van der Waals surface area contributed by atoms with Gasteiger partial charge in [0, 0.05) is 12.3 Å². The number of nitrogens with two attached hydrogens (primary N) is 1. The molecule has 0 aliphatic carbocycles. The Kier molecular flexibility index (Phi) is 4.08. The van der Waals surface area contributed by atoms with Gasteiger partial charge in [0.15, 0.2) is 0 Å². The third-order valence-electron chi connectivity index (χ3n) is 2.69. The standard InChI is InChI=1S/C13H13N3O4S/c14-12(17)7-9-3-1-2-4-11(9)16-21(19,20)10-5-6-13(18)15-8-10/h1-6,8,16H,7H2,(H2,14,17)(H,15,18). The van der Waals surface area contributed by atoms with Gasteiger partial charge in [-0.2, -0.15) is 0 Å². The van der Waals surface area contributed by atoms with Crippen LogP contribution in [0.25, 0.3) is 0 Å². The summed E-state index contributed by atoms with van der Waals surface area (Å²) in [6, 6.07) is 8.75. The van der Waals surface area contributed by atoms with Crippen molar-refractivity contribution in [3.63, 3.8) is 0 Å². The molecule has 0 radical (unpaired) electrons. The Morgan fingerprint density at radius 1 is 1.19 bits per heavy atom. The van der Waals surface area contributed by atoms with Gasteiger partial charge in [0.05, 0.1) is 12.1 Å². The molecule has 1 heterocycles. The van der Waals surface area contributed by atoms with Gasteiger partial charge in [-0.05, 0) is 17.7 Å². The molecule has 0 bridgehead atoms. The van der Waals surface area contributed by atoms with Crippen LogP contribution in [0, 0.1) is 0 Å². The minimum atomic E-state index is -3.86. The summed E-state index contributed by atoms with van der Waals surface area (Å²) in [4.78, 5) is 24.2. The van der Waals surface area contributed by atoms with Gasteiger partial charge in [-0.25, -0.2) is 8.42 Å².